The highest BCUT2D eigenvalue weighted by molar-refractivity contribution is 8.10. The van der Waals surface area contributed by atoms with Crippen LogP contribution in [0.2, 0.25) is 0 Å². The fourth-order valence-corrected chi connectivity index (χ4v) is 0.896. The fourth-order valence-electron chi connectivity index (χ4n) is 0.238. The molecule has 0 amide bonds. The standard InChI is InChI=1S/C2H5NOS2/c5-2-3-4-1-6-2/h2-3,5H,1H2. The van der Waals surface area contributed by atoms with Crippen LogP contribution >= 0.6 is 24.4 Å². The number of hydroxylamine groups is 1. The molecule has 1 atom stereocenters. The molecule has 36 valence electrons. The van der Waals surface area contributed by atoms with E-state index >= 15 is 0 Å². The first-order valence-corrected chi connectivity index (χ1v) is 3.13. The Kier molecular flexibility index (Phi) is 1.64. The van der Waals surface area contributed by atoms with Crippen molar-refractivity contribution in [3.63, 3.8) is 0 Å². The van der Waals surface area contributed by atoms with Crippen molar-refractivity contribution in [2.75, 3.05) is 5.94 Å². The van der Waals surface area contributed by atoms with Crippen LogP contribution in [0.4, 0.5) is 0 Å². The molecule has 4 heteroatoms. The Bertz CT molecular complexity index is 44.8. The van der Waals surface area contributed by atoms with Crippen molar-refractivity contribution in [2.24, 2.45) is 0 Å². The van der Waals surface area contributed by atoms with Gasteiger partial charge in [-0.05, 0) is 0 Å². The molecule has 1 rings (SSSR count). The van der Waals surface area contributed by atoms with Crippen LogP contribution in [0.1, 0.15) is 0 Å². The fraction of sp³-hybridized carbons (Fsp3) is 1.00. The van der Waals surface area contributed by atoms with Gasteiger partial charge >= 0.3 is 0 Å². The molecule has 1 aliphatic heterocycles. The molecule has 0 aromatic rings. The van der Waals surface area contributed by atoms with Crippen molar-refractivity contribution in [3.8, 4) is 0 Å². The molecule has 1 aliphatic rings. The maximum atomic E-state index is 4.69. The average Bonchev–Trinajstić information content (AvgIpc) is 1.86. The first kappa shape index (κ1) is 4.77. The summed E-state index contributed by atoms with van der Waals surface area (Å²) in [5.74, 6) is 0.716. The minimum absolute atomic E-state index is 0.185. The van der Waals surface area contributed by atoms with E-state index < -0.39 is 0 Å². The highest BCUT2D eigenvalue weighted by atomic mass is 32.2. The number of thioether (sulfide) groups is 1. The molecule has 0 aromatic carbocycles. The SMILES string of the molecule is SC1NOCS1. The van der Waals surface area contributed by atoms with E-state index in [0.29, 0.717) is 5.94 Å². The third-order valence-electron chi connectivity index (χ3n) is 0.469. The summed E-state index contributed by atoms with van der Waals surface area (Å²) >= 11 is 5.65. The minimum atomic E-state index is 0.185. The van der Waals surface area contributed by atoms with Gasteiger partial charge in [0.2, 0.25) is 0 Å². The van der Waals surface area contributed by atoms with Gasteiger partial charge in [0.1, 0.15) is 10.6 Å². The zero-order valence-corrected chi connectivity index (χ0v) is 4.76. The van der Waals surface area contributed by atoms with E-state index in [1.165, 1.54) is 0 Å². The molecule has 1 N–H and O–H groups in total. The molecular weight excluding hydrogens is 118 g/mol. The second kappa shape index (κ2) is 2.07. The lowest BCUT2D eigenvalue weighted by atomic mass is 11.5. The monoisotopic (exact) mass is 123 g/mol. The van der Waals surface area contributed by atoms with Crippen LogP contribution in [0.5, 0.6) is 0 Å². The smallest absolute Gasteiger partial charge is 0.122 e. The van der Waals surface area contributed by atoms with E-state index in [-0.39, 0.29) is 4.71 Å². The lowest BCUT2D eigenvalue weighted by molar-refractivity contribution is 0.105. The summed E-state index contributed by atoms with van der Waals surface area (Å²) in [5, 5.41) is 0. The van der Waals surface area contributed by atoms with Crippen molar-refractivity contribution in [2.45, 2.75) is 4.71 Å². The van der Waals surface area contributed by atoms with E-state index in [9.17, 15) is 0 Å². The molecule has 0 spiro atoms. The molecule has 0 aliphatic carbocycles. The van der Waals surface area contributed by atoms with Crippen LogP contribution in [0.25, 0.3) is 0 Å². The molecule has 0 bridgehead atoms. The van der Waals surface area contributed by atoms with Gasteiger partial charge in [0.25, 0.3) is 0 Å². The molecule has 2 nitrogen and oxygen atoms in total. The Hall–Kier alpha value is 0.620. The highest BCUT2D eigenvalue weighted by Gasteiger charge is 2.07. The first-order valence-electron chi connectivity index (χ1n) is 1.56. The van der Waals surface area contributed by atoms with Crippen LogP contribution in [0.15, 0.2) is 0 Å². The summed E-state index contributed by atoms with van der Waals surface area (Å²) < 4.78 is 0.185. The number of hydrogen-bond donors (Lipinski definition) is 2. The number of nitrogens with one attached hydrogen (secondary N) is 1. The maximum Gasteiger partial charge on any atom is 0.122 e. The molecule has 1 unspecified atom stereocenters. The van der Waals surface area contributed by atoms with Crippen LogP contribution in [-0.2, 0) is 4.84 Å². The quantitative estimate of drug-likeness (QED) is 0.456. The lowest BCUT2D eigenvalue weighted by Crippen LogP contribution is -2.10. The Morgan fingerprint density at radius 1 is 2.00 bits per heavy atom. The van der Waals surface area contributed by atoms with Crippen molar-refractivity contribution >= 4 is 24.4 Å². The van der Waals surface area contributed by atoms with Gasteiger partial charge < -0.3 is 0 Å². The Morgan fingerprint density at radius 2 is 2.83 bits per heavy atom. The minimum Gasteiger partial charge on any atom is -0.289 e. The van der Waals surface area contributed by atoms with Gasteiger partial charge in [-0.3, -0.25) is 4.84 Å². The lowest BCUT2D eigenvalue weighted by Gasteiger charge is -1.90. The van der Waals surface area contributed by atoms with E-state index in [4.69, 9.17) is 4.84 Å². The predicted molar refractivity (Wildman–Crippen MR) is 29.5 cm³/mol. The summed E-state index contributed by atoms with van der Waals surface area (Å²) in [6, 6.07) is 0. The number of thiol groups is 1. The number of rotatable bonds is 0. The van der Waals surface area contributed by atoms with Gasteiger partial charge in [-0.1, -0.05) is 11.8 Å². The van der Waals surface area contributed by atoms with E-state index in [1.807, 2.05) is 0 Å². The zero-order chi connectivity index (χ0) is 4.41. The van der Waals surface area contributed by atoms with Gasteiger partial charge in [0.15, 0.2) is 0 Å². The van der Waals surface area contributed by atoms with Crippen LogP contribution in [0, 0.1) is 0 Å². The summed E-state index contributed by atoms with van der Waals surface area (Å²) in [4.78, 5) is 4.69. The third-order valence-corrected chi connectivity index (χ3v) is 1.69. The summed E-state index contributed by atoms with van der Waals surface area (Å²) in [5.41, 5.74) is 2.65. The van der Waals surface area contributed by atoms with Crippen molar-refractivity contribution in [1.29, 1.82) is 0 Å². The molecule has 1 heterocycles. The van der Waals surface area contributed by atoms with Gasteiger partial charge in [-0.2, -0.15) is 5.48 Å². The molecule has 1 saturated heterocycles. The zero-order valence-electron chi connectivity index (χ0n) is 3.05. The maximum absolute atomic E-state index is 4.69. The largest absolute Gasteiger partial charge is 0.289 e. The van der Waals surface area contributed by atoms with Gasteiger partial charge in [0.05, 0.1) is 0 Å². The van der Waals surface area contributed by atoms with E-state index in [1.54, 1.807) is 11.8 Å². The highest BCUT2D eigenvalue weighted by Crippen LogP contribution is 2.16. The number of hydrogen-bond acceptors (Lipinski definition) is 4. The Labute approximate surface area is 46.0 Å². The van der Waals surface area contributed by atoms with Crippen molar-refractivity contribution in [1.82, 2.24) is 5.48 Å². The Balaban J connectivity index is 2.18. The predicted octanol–water partition coefficient (Wildman–Crippen LogP) is 0.425. The summed E-state index contributed by atoms with van der Waals surface area (Å²) in [7, 11) is 0. The van der Waals surface area contributed by atoms with Gasteiger partial charge in [0, 0.05) is 0 Å². The van der Waals surface area contributed by atoms with E-state index in [2.05, 4.69) is 18.1 Å². The van der Waals surface area contributed by atoms with E-state index in [0.717, 1.165) is 0 Å². The second-order valence-corrected chi connectivity index (χ2v) is 2.81. The summed E-state index contributed by atoms with van der Waals surface area (Å²) in [6.07, 6.45) is 0. The molecular formula is C2H5NOS2. The van der Waals surface area contributed by atoms with Gasteiger partial charge in [-0.15, -0.1) is 12.6 Å². The van der Waals surface area contributed by atoms with Crippen LogP contribution < -0.4 is 5.48 Å². The molecule has 1 fully saturated rings. The topological polar surface area (TPSA) is 21.3 Å². The summed E-state index contributed by atoms with van der Waals surface area (Å²) in [6.45, 7) is 0. The molecule has 0 aromatic heterocycles. The average molecular weight is 123 g/mol. The van der Waals surface area contributed by atoms with Crippen LogP contribution in [-0.4, -0.2) is 10.6 Å². The van der Waals surface area contributed by atoms with Gasteiger partial charge in [-0.25, -0.2) is 0 Å². The van der Waals surface area contributed by atoms with Crippen molar-refractivity contribution in [3.05, 3.63) is 0 Å². The molecule has 6 heavy (non-hydrogen) atoms. The van der Waals surface area contributed by atoms with Crippen molar-refractivity contribution < 1.29 is 4.84 Å². The molecule has 0 radical (unpaired) electrons. The first-order chi connectivity index (χ1) is 2.89. The normalized spacial score (nSPS) is 34.5. The second-order valence-electron chi connectivity index (χ2n) is 0.899. The van der Waals surface area contributed by atoms with Crippen LogP contribution in [0.3, 0.4) is 0 Å². The molecule has 0 saturated carbocycles. The third kappa shape index (κ3) is 1.04. The Morgan fingerprint density at radius 3 is 3.00 bits per heavy atom.